The Kier molecular flexibility index (Phi) is 2.98. The number of hydrogen-bond donors (Lipinski definition) is 1. The zero-order chi connectivity index (χ0) is 8.97. The lowest BCUT2D eigenvalue weighted by Gasteiger charge is -2.04. The second-order valence-electron chi connectivity index (χ2n) is 1.84. The summed E-state index contributed by atoms with van der Waals surface area (Å²) in [5, 5.41) is 0. The fraction of sp³-hybridized carbons (Fsp3) is 0. The highest BCUT2D eigenvalue weighted by molar-refractivity contribution is 6.30. The molecule has 0 saturated carbocycles. The first kappa shape index (κ1) is 8.93. The lowest BCUT2D eigenvalue weighted by Crippen LogP contribution is -2.15. The Morgan fingerprint density at radius 3 is 2.92 bits per heavy atom. The summed E-state index contributed by atoms with van der Waals surface area (Å²) < 4.78 is 8.74. The van der Waals surface area contributed by atoms with Crippen LogP contribution in [0.4, 0.5) is 5.82 Å². The van der Waals surface area contributed by atoms with E-state index in [1.54, 1.807) is 0 Å². The SMILES string of the molecule is [B]O[B]Oc1ncc([B])nc1N. The molecule has 0 amide bonds. The monoisotopic (exact) mass is 158 g/mol. The average molecular weight is 158 g/mol. The molecule has 5 radical (unpaired) electrons. The van der Waals surface area contributed by atoms with Crippen molar-refractivity contribution in [3.63, 3.8) is 0 Å². The third kappa shape index (κ3) is 2.16. The summed E-state index contributed by atoms with van der Waals surface area (Å²) in [7, 11) is 10.8. The van der Waals surface area contributed by atoms with Crippen molar-refractivity contribution in [1.82, 2.24) is 9.97 Å². The molecule has 0 aromatic carbocycles. The van der Waals surface area contributed by atoms with Crippen LogP contribution in [-0.2, 0) is 4.57 Å². The van der Waals surface area contributed by atoms with Crippen molar-refractivity contribution in [3.8, 4) is 5.88 Å². The number of aromatic nitrogens is 2. The topological polar surface area (TPSA) is 70.3 Å². The van der Waals surface area contributed by atoms with Gasteiger partial charge in [0.15, 0.2) is 5.82 Å². The Bertz CT molecular complexity index is 272. The Labute approximate surface area is 72.8 Å². The van der Waals surface area contributed by atoms with E-state index in [9.17, 15) is 0 Å². The zero-order valence-electron chi connectivity index (χ0n) is 6.10. The minimum absolute atomic E-state index is 0.0725. The van der Waals surface area contributed by atoms with Gasteiger partial charge in [0.1, 0.15) is 7.85 Å². The van der Waals surface area contributed by atoms with Crippen molar-refractivity contribution < 1.29 is 9.23 Å². The first-order valence-corrected chi connectivity index (χ1v) is 2.96. The summed E-state index contributed by atoms with van der Waals surface area (Å²) >= 11 is 0. The first-order chi connectivity index (χ1) is 5.74. The van der Waals surface area contributed by atoms with Gasteiger partial charge in [0.25, 0.3) is 8.05 Å². The van der Waals surface area contributed by atoms with E-state index in [1.807, 2.05) is 0 Å². The molecule has 2 N–H and O–H groups in total. The van der Waals surface area contributed by atoms with E-state index in [0.29, 0.717) is 0 Å². The van der Waals surface area contributed by atoms with Gasteiger partial charge in [-0.05, 0) is 0 Å². The van der Waals surface area contributed by atoms with Crippen LogP contribution < -0.4 is 16.0 Å². The van der Waals surface area contributed by atoms with Crippen molar-refractivity contribution in [2.45, 2.75) is 0 Å². The second kappa shape index (κ2) is 4.01. The van der Waals surface area contributed by atoms with Gasteiger partial charge >= 0.3 is 7.69 Å². The van der Waals surface area contributed by atoms with Gasteiger partial charge in [-0.1, -0.05) is 0 Å². The van der Waals surface area contributed by atoms with Crippen LogP contribution >= 0.6 is 0 Å². The molecular weight excluding hydrogens is 154 g/mol. The second-order valence-corrected chi connectivity index (χ2v) is 1.84. The molecule has 1 rings (SSSR count). The minimum atomic E-state index is 0.0725. The summed E-state index contributed by atoms with van der Waals surface area (Å²) in [4.78, 5) is 7.39. The molecule has 0 unspecified atom stereocenters. The molecule has 1 aromatic heterocycles. The lowest BCUT2D eigenvalue weighted by molar-refractivity contribution is 0.470. The van der Waals surface area contributed by atoms with Gasteiger partial charge < -0.3 is 15.0 Å². The van der Waals surface area contributed by atoms with Crippen molar-refractivity contribution in [1.29, 1.82) is 0 Å². The van der Waals surface area contributed by atoms with Gasteiger partial charge in [-0.25, -0.2) is 9.97 Å². The lowest BCUT2D eigenvalue weighted by atomic mass is 10.1. The molecule has 0 aliphatic heterocycles. The highest BCUT2D eigenvalue weighted by atomic mass is 16.6. The zero-order valence-corrected chi connectivity index (χ0v) is 6.10. The first-order valence-electron chi connectivity index (χ1n) is 2.96. The fourth-order valence-corrected chi connectivity index (χ4v) is 0.571. The maximum absolute atomic E-state index is 5.37. The van der Waals surface area contributed by atoms with Crippen LogP contribution in [0.3, 0.4) is 0 Å². The van der Waals surface area contributed by atoms with E-state index in [0.717, 1.165) is 7.69 Å². The van der Waals surface area contributed by atoms with E-state index < -0.39 is 0 Å². The summed E-state index contributed by atoms with van der Waals surface area (Å²) in [5.41, 5.74) is 5.58. The van der Waals surface area contributed by atoms with Crippen LogP contribution in [0.2, 0.25) is 0 Å². The van der Waals surface area contributed by atoms with Gasteiger partial charge in [0.2, 0.25) is 5.88 Å². The molecule has 5 nitrogen and oxygen atoms in total. The highest BCUT2D eigenvalue weighted by Crippen LogP contribution is 2.10. The van der Waals surface area contributed by atoms with Gasteiger partial charge in [-0.2, -0.15) is 0 Å². The molecule has 12 heavy (non-hydrogen) atoms. The van der Waals surface area contributed by atoms with Crippen LogP contribution in [0.15, 0.2) is 6.20 Å². The third-order valence-electron chi connectivity index (χ3n) is 0.998. The Morgan fingerprint density at radius 2 is 2.33 bits per heavy atom. The fourth-order valence-electron chi connectivity index (χ4n) is 0.571. The molecule has 8 heteroatoms. The number of rotatable bonds is 3. The van der Waals surface area contributed by atoms with E-state index in [-0.39, 0.29) is 17.3 Å². The van der Waals surface area contributed by atoms with Gasteiger partial charge in [-0.3, -0.25) is 0 Å². The largest absolute Gasteiger partial charge is 0.556 e. The number of nitrogens with two attached hydrogens (primary N) is 1. The van der Waals surface area contributed by atoms with Crippen LogP contribution in [0, 0.1) is 0 Å². The van der Waals surface area contributed by atoms with Crippen molar-refractivity contribution in [3.05, 3.63) is 6.20 Å². The number of nitrogens with zero attached hydrogens (tertiary/aromatic N) is 2. The van der Waals surface area contributed by atoms with Gasteiger partial charge in [-0.15, -0.1) is 0 Å². The van der Waals surface area contributed by atoms with E-state index in [1.165, 1.54) is 6.20 Å². The molecular formula is C4H3B3N3O2. The maximum atomic E-state index is 5.37. The Morgan fingerprint density at radius 1 is 1.58 bits per heavy atom. The molecule has 0 atom stereocenters. The minimum Gasteiger partial charge on any atom is -0.521 e. The van der Waals surface area contributed by atoms with Gasteiger partial charge in [0, 0.05) is 11.8 Å². The Balaban J connectivity index is 2.72. The molecule has 0 bridgehead atoms. The predicted octanol–water partition coefficient (Wildman–Crippen LogP) is -2.13. The van der Waals surface area contributed by atoms with Crippen LogP contribution in [0.5, 0.6) is 5.88 Å². The number of anilines is 1. The number of hydrogen-bond acceptors (Lipinski definition) is 5. The molecule has 0 aliphatic carbocycles. The third-order valence-corrected chi connectivity index (χ3v) is 0.998. The van der Waals surface area contributed by atoms with Crippen molar-refractivity contribution >= 4 is 35.0 Å². The molecule has 0 fully saturated rings. The molecule has 55 valence electrons. The standard InChI is InChI=1S/C4H3B3N3O2/c5-2-1-9-4(3(8)10-2)11-7-12-6/h1H,(H2,8,10). The van der Waals surface area contributed by atoms with E-state index in [4.69, 9.17) is 18.2 Å². The molecule has 0 aliphatic rings. The average Bonchev–Trinajstić information content (AvgIpc) is 2.03. The quantitative estimate of drug-likeness (QED) is 0.508. The predicted molar refractivity (Wildman–Crippen MR) is 45.1 cm³/mol. The smallest absolute Gasteiger partial charge is 0.521 e. The van der Waals surface area contributed by atoms with Crippen molar-refractivity contribution in [2.75, 3.05) is 5.73 Å². The summed E-state index contributed by atoms with van der Waals surface area (Å²) in [6.07, 6.45) is 1.30. The molecule has 1 aromatic rings. The highest BCUT2D eigenvalue weighted by Gasteiger charge is 2.03. The molecule has 1 heterocycles. The van der Waals surface area contributed by atoms with Gasteiger partial charge in [0.05, 0.1) is 0 Å². The summed E-state index contributed by atoms with van der Waals surface area (Å²) in [6, 6.07) is 0. The number of nitrogen functional groups attached to an aromatic ring is 1. The normalized spacial score (nSPS) is 9.33. The molecule has 0 spiro atoms. The molecule has 0 saturated heterocycles. The van der Waals surface area contributed by atoms with Crippen LogP contribution in [0.25, 0.3) is 0 Å². The van der Waals surface area contributed by atoms with Crippen LogP contribution in [0.1, 0.15) is 0 Å². The van der Waals surface area contributed by atoms with E-state index >= 15 is 0 Å². The maximum Gasteiger partial charge on any atom is 0.556 e. The summed E-state index contributed by atoms with van der Waals surface area (Å²) in [6.45, 7) is 0. The summed E-state index contributed by atoms with van der Waals surface area (Å²) in [5.74, 6) is 0.165. The van der Waals surface area contributed by atoms with Crippen LogP contribution in [-0.4, -0.2) is 33.5 Å². The van der Waals surface area contributed by atoms with Crippen molar-refractivity contribution in [2.24, 2.45) is 0 Å². The Hall–Kier alpha value is -1.17. The van der Waals surface area contributed by atoms with E-state index in [2.05, 4.69) is 22.6 Å².